The van der Waals surface area contributed by atoms with Crippen LogP contribution < -0.4 is 25.7 Å². The van der Waals surface area contributed by atoms with Gasteiger partial charge in [-0.1, -0.05) is 90.5 Å². The second-order valence-electron chi connectivity index (χ2n) is 14.5. The molecule has 0 unspecified atom stereocenters. The third kappa shape index (κ3) is 19.3. The third-order valence-electron chi connectivity index (χ3n) is 9.88. The Balaban J connectivity index is 0. The number of carboxylic acid groups (broad SMARTS) is 1. The Kier molecular flexibility index (Phi) is 34.0. The fourth-order valence-corrected chi connectivity index (χ4v) is 7.82. The Morgan fingerprint density at radius 3 is 1.34 bits per heavy atom. The van der Waals surface area contributed by atoms with Gasteiger partial charge in [-0.25, -0.2) is 9.97 Å². The molecular formula is C54H53Cl6N9O9Pd2-2. The summed E-state index contributed by atoms with van der Waals surface area (Å²) in [5.41, 5.74) is 15.1. The topological polar surface area (TPSA) is 268 Å². The van der Waals surface area contributed by atoms with E-state index in [9.17, 15) is 20.2 Å². The van der Waals surface area contributed by atoms with E-state index in [1.807, 2.05) is 36.4 Å². The number of nitrogens with two attached hydrogens (primary N) is 2. The summed E-state index contributed by atoms with van der Waals surface area (Å²) in [4.78, 5) is 49.9. The number of nitro groups is 2. The summed E-state index contributed by atoms with van der Waals surface area (Å²) in [6.07, 6.45) is 7.87. The average Bonchev–Trinajstić information content (AvgIpc) is 3.37. The number of fused-ring (bicyclic) bond motifs is 5. The molecule has 0 spiro atoms. The molecule has 0 radical (unpaired) electrons. The van der Waals surface area contributed by atoms with Crippen molar-refractivity contribution in [2.45, 2.75) is 21.8 Å². The Morgan fingerprint density at radius 1 is 0.500 bits per heavy atom. The van der Waals surface area contributed by atoms with Gasteiger partial charge in [0.1, 0.15) is 27.3 Å². The standard InChI is InChI=1S/C10H7ClN2O3.C10H9ClN2O.C10H10N2O.C9H4Cl2N2O2.C9H5Cl2N.C2H4O2.2CH4.2CH3.2Pd/c1-16-8-4-5-12-9-6(8)2-3-7(11)10(9)13(14)15;1-14-8-4-5-13-10-6(8)2-3-7(11)9(10)12;1-13-9-5-6-12-10-7(9)3-2-4-8(10)11;10-6-3-4-12-8-5(6)1-2-7(11)9(8)13(14)15;10-6-1-2-7-8(11)3-4-12-9(7)5-6;1-2(3)4;;;;;;/h2-5H,1H3;2-5H,12H2,1H3;2-6H,11H2,1H3;1-4H;1-5H;1H3,(H,3,4);2*1H4;2*1H3;;/q;;;;;;;;2*-1;;. The predicted molar refractivity (Wildman–Crippen MR) is 320 cm³/mol. The molecule has 0 fully saturated rings. The van der Waals surface area contributed by atoms with Crippen LogP contribution in [0, 0.1) is 35.1 Å². The first-order chi connectivity index (χ1) is 35.3. The largest absolute Gasteiger partial charge is 0.496 e. The molecular weight excluding hydrogens is 1340 g/mol. The van der Waals surface area contributed by atoms with Crippen LogP contribution in [0.3, 0.4) is 0 Å². The summed E-state index contributed by atoms with van der Waals surface area (Å²) in [7, 11) is 4.74. The van der Waals surface area contributed by atoms with E-state index in [1.54, 1.807) is 87.4 Å². The molecule has 5 aromatic carbocycles. The van der Waals surface area contributed by atoms with Crippen molar-refractivity contribution in [3.05, 3.63) is 199 Å². The maximum Gasteiger partial charge on any atom is 0.313 e. The normalized spacial score (nSPS) is 9.43. The fraction of sp³-hybridized carbons (Fsp3) is 0.111. The van der Waals surface area contributed by atoms with E-state index in [4.69, 9.17) is 105 Å². The Hall–Kier alpha value is -6.52. The number of nitrogens with zero attached hydrogens (tertiary/aromatic N) is 7. The number of carboxylic acids is 1. The van der Waals surface area contributed by atoms with Crippen molar-refractivity contribution in [2.24, 2.45) is 0 Å². The van der Waals surface area contributed by atoms with E-state index in [1.165, 1.54) is 31.6 Å². The van der Waals surface area contributed by atoms with Crippen LogP contribution >= 0.6 is 69.6 Å². The molecule has 26 heteroatoms. The minimum atomic E-state index is -0.833. The van der Waals surface area contributed by atoms with Crippen LogP contribution in [-0.2, 0) is 45.6 Å². The number of hydrogen-bond acceptors (Lipinski definition) is 15. The zero-order valence-electron chi connectivity index (χ0n) is 41.6. The molecule has 0 atom stereocenters. The van der Waals surface area contributed by atoms with Gasteiger partial charge in [-0.15, -0.1) is 0 Å². The SMILES string of the molecule is C.C.CC(=O)O.COc1ccnc2c(N)c(Cl)ccc12.COc1ccnc2c(N)cccc12.COc1ccnc2c([N+](=O)[O-])c(Cl)ccc12.Clc1ccc2c(Cl)ccnc2c1.O=[N+]([O-])c1c(Cl)ccc2c(Cl)ccnc12.[CH3-].[CH3-].[Pd].[Pd]. The molecule has 5 aromatic heterocycles. The molecule has 432 valence electrons. The molecule has 0 bridgehead atoms. The van der Waals surface area contributed by atoms with Crippen molar-refractivity contribution < 1.29 is 74.8 Å². The van der Waals surface area contributed by atoms with E-state index in [0.717, 1.165) is 45.6 Å². The number of methoxy groups -OCH3 is 3. The molecule has 10 aromatic rings. The van der Waals surface area contributed by atoms with Crippen LogP contribution in [0.25, 0.3) is 54.5 Å². The van der Waals surface area contributed by atoms with Crippen LogP contribution in [0.15, 0.2) is 134 Å². The summed E-state index contributed by atoms with van der Waals surface area (Å²) in [6, 6.07) is 29.5. The average molecular weight is 1400 g/mol. The van der Waals surface area contributed by atoms with E-state index >= 15 is 0 Å². The number of nitro benzene ring substituents is 2. The molecule has 0 aliphatic heterocycles. The number of aromatic nitrogens is 5. The van der Waals surface area contributed by atoms with Gasteiger partial charge in [0.2, 0.25) is 0 Å². The Labute approximate surface area is 519 Å². The van der Waals surface area contributed by atoms with Crippen molar-refractivity contribution in [3.63, 3.8) is 0 Å². The molecule has 80 heavy (non-hydrogen) atoms. The van der Waals surface area contributed by atoms with E-state index in [0.29, 0.717) is 53.5 Å². The molecule has 5 heterocycles. The number of aliphatic carboxylic acids is 1. The van der Waals surface area contributed by atoms with Gasteiger partial charge >= 0.3 is 11.4 Å². The molecule has 0 aliphatic rings. The van der Waals surface area contributed by atoms with E-state index in [2.05, 4.69) is 24.9 Å². The number of pyridine rings is 5. The smallest absolute Gasteiger partial charge is 0.313 e. The number of carbonyl (C=O) groups is 1. The van der Waals surface area contributed by atoms with Crippen molar-refractivity contribution in [3.8, 4) is 17.2 Å². The van der Waals surface area contributed by atoms with Gasteiger partial charge in [0.05, 0.1) is 74.2 Å². The summed E-state index contributed by atoms with van der Waals surface area (Å²) in [5, 5.41) is 35.4. The van der Waals surface area contributed by atoms with E-state index < -0.39 is 15.8 Å². The number of rotatable bonds is 5. The zero-order chi connectivity index (χ0) is 54.2. The number of hydrogen-bond donors (Lipinski definition) is 3. The number of ether oxygens (including phenoxy) is 3. The maximum absolute atomic E-state index is 10.9. The molecule has 0 amide bonds. The van der Waals surface area contributed by atoms with Crippen molar-refractivity contribution >= 4 is 153 Å². The van der Waals surface area contributed by atoms with Crippen LogP contribution in [0.5, 0.6) is 17.2 Å². The van der Waals surface area contributed by atoms with Crippen molar-refractivity contribution in [1.82, 2.24) is 24.9 Å². The maximum atomic E-state index is 10.9. The quantitative estimate of drug-likeness (QED) is 0.0475. The van der Waals surface area contributed by atoms with Crippen molar-refractivity contribution in [1.29, 1.82) is 0 Å². The van der Waals surface area contributed by atoms with Crippen molar-refractivity contribution in [2.75, 3.05) is 32.8 Å². The predicted octanol–water partition coefficient (Wildman–Crippen LogP) is 16.4. The van der Waals surface area contributed by atoms with Crippen LogP contribution in [0.4, 0.5) is 22.7 Å². The first-order valence-electron chi connectivity index (χ1n) is 20.9. The number of anilines is 2. The fourth-order valence-electron chi connectivity index (χ4n) is 6.63. The van der Waals surface area contributed by atoms with Gasteiger partial charge < -0.3 is 45.6 Å². The first kappa shape index (κ1) is 75.6. The van der Waals surface area contributed by atoms with Gasteiger partial charge in [-0.2, -0.15) is 0 Å². The molecule has 18 nitrogen and oxygen atoms in total. The second kappa shape index (κ2) is 36.0. The number of para-hydroxylation sites is 1. The second-order valence-corrected chi connectivity index (χ2v) is 17.0. The molecule has 0 aliphatic carbocycles. The van der Waals surface area contributed by atoms with E-state index in [-0.39, 0.29) is 103 Å². The summed E-state index contributed by atoms with van der Waals surface area (Å²) >= 11 is 35.0. The third-order valence-corrected chi connectivity index (χ3v) is 11.7. The molecule has 5 N–H and O–H groups in total. The molecule has 0 saturated heterocycles. The summed E-state index contributed by atoms with van der Waals surface area (Å²) < 4.78 is 15.5. The monoisotopic (exact) mass is 1390 g/mol. The first-order valence-corrected chi connectivity index (χ1v) is 23.2. The van der Waals surface area contributed by atoms with Gasteiger partial charge in [0.15, 0.2) is 11.0 Å². The number of benzene rings is 5. The van der Waals surface area contributed by atoms with Gasteiger partial charge in [0, 0.05) is 111 Å². The summed E-state index contributed by atoms with van der Waals surface area (Å²) in [5.74, 6) is 1.25. The van der Waals surface area contributed by atoms with Crippen LogP contribution in [-0.4, -0.2) is 67.2 Å². The molecule has 0 saturated carbocycles. The minimum Gasteiger partial charge on any atom is -0.496 e. The zero-order valence-corrected chi connectivity index (χ0v) is 49.2. The Morgan fingerprint density at radius 2 is 0.863 bits per heavy atom. The van der Waals surface area contributed by atoms with Gasteiger partial charge in [-0.3, -0.25) is 40.0 Å². The Bertz CT molecular complexity index is 3690. The molecule has 10 rings (SSSR count). The minimum absolute atomic E-state index is 0. The number of nitrogen functional groups attached to an aromatic ring is 2. The van der Waals surface area contributed by atoms with Gasteiger partial charge in [-0.05, 0) is 97.1 Å². The number of halogens is 6. The summed E-state index contributed by atoms with van der Waals surface area (Å²) in [6.45, 7) is 1.08. The van der Waals surface area contributed by atoms with Crippen LogP contribution in [0.2, 0.25) is 30.1 Å². The van der Waals surface area contributed by atoms with Crippen LogP contribution in [0.1, 0.15) is 21.8 Å². The van der Waals surface area contributed by atoms with Gasteiger partial charge in [0.25, 0.3) is 5.97 Å².